The molecule has 0 unspecified atom stereocenters. The van der Waals surface area contributed by atoms with Gasteiger partial charge >= 0.3 is 6.18 Å². The molecule has 0 aliphatic rings. The van der Waals surface area contributed by atoms with E-state index in [1.54, 1.807) is 0 Å². The molecule has 1 rings (SSSR count). The fourth-order valence-electron chi connectivity index (χ4n) is 2.12. The number of hydrogen-bond acceptors (Lipinski definition) is 7. The van der Waals surface area contributed by atoms with Gasteiger partial charge in [0.05, 0.1) is 28.1 Å². The van der Waals surface area contributed by atoms with Crippen LogP contribution in [0.3, 0.4) is 0 Å². The van der Waals surface area contributed by atoms with Gasteiger partial charge in [0.1, 0.15) is 5.69 Å². The lowest BCUT2D eigenvalue weighted by molar-refractivity contribution is -0.394. The van der Waals surface area contributed by atoms with Gasteiger partial charge in [-0.1, -0.05) is 0 Å². The molecule has 12 heteroatoms. The minimum absolute atomic E-state index is 0.00849. The Bertz CT molecular complexity index is 623. The Morgan fingerprint density at radius 1 is 1.04 bits per heavy atom. The van der Waals surface area contributed by atoms with Gasteiger partial charge in [-0.25, -0.2) is 0 Å². The number of aliphatic hydroxyl groups is 2. The third kappa shape index (κ3) is 4.52. The Hall–Kier alpha value is -2.47. The molecule has 0 aliphatic carbocycles. The van der Waals surface area contributed by atoms with Gasteiger partial charge in [-0.2, -0.15) is 13.2 Å². The molecule has 0 bridgehead atoms. The van der Waals surface area contributed by atoms with Crippen LogP contribution in [0.2, 0.25) is 0 Å². The van der Waals surface area contributed by atoms with Crippen molar-refractivity contribution in [3.8, 4) is 0 Å². The van der Waals surface area contributed by atoms with Crippen molar-refractivity contribution in [2.45, 2.75) is 12.6 Å². The summed E-state index contributed by atoms with van der Waals surface area (Å²) in [6.07, 6.45) is -5.09. The van der Waals surface area contributed by atoms with Gasteiger partial charge in [0.15, 0.2) is 0 Å². The molecular weight excluding hydrogens is 339 g/mol. The summed E-state index contributed by atoms with van der Waals surface area (Å²) < 4.78 is 39.8. The maximum absolute atomic E-state index is 13.3. The van der Waals surface area contributed by atoms with E-state index in [2.05, 4.69) is 0 Å². The van der Waals surface area contributed by atoms with Gasteiger partial charge in [-0.05, 0) is 6.42 Å². The number of halogens is 3. The summed E-state index contributed by atoms with van der Waals surface area (Å²) in [5.74, 6) is 0. The van der Waals surface area contributed by atoms with Crippen LogP contribution in [0.5, 0.6) is 0 Å². The topological polar surface area (TPSA) is 130 Å². The van der Waals surface area contributed by atoms with Crippen LogP contribution in [0, 0.1) is 20.2 Å². The summed E-state index contributed by atoms with van der Waals surface area (Å²) in [6, 6.07) is 0.652. The highest BCUT2D eigenvalue weighted by atomic mass is 19.4. The first kappa shape index (κ1) is 19.6. The van der Waals surface area contributed by atoms with E-state index in [9.17, 15) is 33.4 Å². The third-order valence-corrected chi connectivity index (χ3v) is 3.06. The van der Waals surface area contributed by atoms with E-state index in [0.29, 0.717) is 6.07 Å². The number of nitro groups is 2. The van der Waals surface area contributed by atoms with Crippen LogP contribution < -0.4 is 4.90 Å². The molecule has 0 saturated heterocycles. The minimum atomic E-state index is -5.08. The Kier molecular flexibility index (Phi) is 6.42. The zero-order valence-corrected chi connectivity index (χ0v) is 12.2. The molecule has 0 spiro atoms. The van der Waals surface area contributed by atoms with E-state index in [1.165, 1.54) is 0 Å². The lowest BCUT2D eigenvalue weighted by Crippen LogP contribution is -2.31. The van der Waals surface area contributed by atoms with E-state index in [0.717, 1.165) is 4.90 Å². The summed E-state index contributed by atoms with van der Waals surface area (Å²) in [5.41, 5.74) is -4.58. The Balaban J connectivity index is 3.68. The van der Waals surface area contributed by atoms with E-state index >= 15 is 0 Å². The van der Waals surface area contributed by atoms with Gasteiger partial charge in [-0.3, -0.25) is 20.2 Å². The highest BCUT2D eigenvalue weighted by Crippen LogP contribution is 2.44. The molecule has 0 amide bonds. The molecule has 2 N–H and O–H groups in total. The molecule has 0 saturated carbocycles. The highest BCUT2D eigenvalue weighted by molar-refractivity contribution is 5.72. The maximum Gasteiger partial charge on any atom is 0.418 e. The van der Waals surface area contributed by atoms with E-state index < -0.39 is 45.3 Å². The Morgan fingerprint density at radius 2 is 1.67 bits per heavy atom. The van der Waals surface area contributed by atoms with Gasteiger partial charge < -0.3 is 15.1 Å². The van der Waals surface area contributed by atoms with Crippen molar-refractivity contribution >= 4 is 17.1 Å². The third-order valence-electron chi connectivity index (χ3n) is 3.06. The molecule has 0 heterocycles. The first-order valence-electron chi connectivity index (χ1n) is 6.64. The van der Waals surface area contributed by atoms with Crippen molar-refractivity contribution in [1.29, 1.82) is 0 Å². The summed E-state index contributed by atoms with van der Waals surface area (Å²) in [4.78, 5) is 20.5. The summed E-state index contributed by atoms with van der Waals surface area (Å²) >= 11 is 0. The molecular formula is C12H14F3N3O6. The van der Waals surface area contributed by atoms with Crippen LogP contribution >= 0.6 is 0 Å². The van der Waals surface area contributed by atoms with E-state index in [-0.39, 0.29) is 32.2 Å². The maximum atomic E-state index is 13.3. The largest absolute Gasteiger partial charge is 0.418 e. The lowest BCUT2D eigenvalue weighted by atomic mass is 10.1. The van der Waals surface area contributed by atoms with Gasteiger partial charge in [0.2, 0.25) is 0 Å². The quantitative estimate of drug-likeness (QED) is 0.537. The monoisotopic (exact) mass is 353 g/mol. The molecule has 1 aromatic carbocycles. The number of non-ortho nitro benzene ring substituents is 1. The number of benzene rings is 1. The number of aliphatic hydroxyl groups excluding tert-OH is 2. The Labute approximate surface area is 133 Å². The second-order valence-corrected chi connectivity index (χ2v) is 4.66. The molecule has 0 atom stereocenters. The first-order chi connectivity index (χ1) is 11.1. The van der Waals surface area contributed by atoms with E-state index in [4.69, 9.17) is 10.2 Å². The van der Waals surface area contributed by atoms with Crippen LogP contribution in [-0.2, 0) is 6.18 Å². The molecule has 0 fully saturated rings. The average molecular weight is 353 g/mol. The average Bonchev–Trinajstić information content (AvgIpc) is 2.49. The van der Waals surface area contributed by atoms with Crippen LogP contribution in [0.1, 0.15) is 12.0 Å². The number of nitrogens with zero attached hydrogens (tertiary/aromatic N) is 3. The molecule has 0 radical (unpaired) electrons. The molecule has 0 aromatic heterocycles. The normalized spacial score (nSPS) is 11.4. The summed E-state index contributed by atoms with van der Waals surface area (Å²) in [6.45, 7) is -1.57. The SMILES string of the molecule is O=[N+]([O-])c1cc([N+](=O)[O-])c(N(CCO)CCCO)c(C(F)(F)F)c1. The second kappa shape index (κ2) is 7.88. The van der Waals surface area contributed by atoms with Crippen LogP contribution in [-0.4, -0.2) is 46.4 Å². The molecule has 24 heavy (non-hydrogen) atoms. The van der Waals surface area contributed by atoms with Crippen LogP contribution in [0.4, 0.5) is 30.2 Å². The van der Waals surface area contributed by atoms with Gasteiger partial charge in [0, 0.05) is 25.8 Å². The predicted molar refractivity (Wildman–Crippen MR) is 75.8 cm³/mol. The zero-order valence-electron chi connectivity index (χ0n) is 12.2. The zero-order chi connectivity index (χ0) is 18.5. The van der Waals surface area contributed by atoms with Gasteiger partial charge in [-0.15, -0.1) is 0 Å². The first-order valence-corrected chi connectivity index (χ1v) is 6.64. The molecule has 1 aromatic rings. The number of nitro benzene ring substituents is 2. The predicted octanol–water partition coefficient (Wildman–Crippen LogP) is 1.70. The molecule has 9 nitrogen and oxygen atoms in total. The van der Waals surface area contributed by atoms with Crippen LogP contribution in [0.25, 0.3) is 0 Å². The lowest BCUT2D eigenvalue weighted by Gasteiger charge is -2.26. The van der Waals surface area contributed by atoms with Crippen molar-refractivity contribution in [1.82, 2.24) is 0 Å². The van der Waals surface area contributed by atoms with Crippen molar-refractivity contribution in [3.63, 3.8) is 0 Å². The highest BCUT2D eigenvalue weighted by Gasteiger charge is 2.41. The van der Waals surface area contributed by atoms with Crippen molar-refractivity contribution < 1.29 is 33.2 Å². The minimum Gasteiger partial charge on any atom is -0.396 e. The standard InChI is InChI=1S/C12H14F3N3O6/c13-12(14,15)9-6-8(17(21)22)7-10(18(23)24)11(9)16(3-5-20)2-1-4-19/h6-7,19-20H,1-5H2. The van der Waals surface area contributed by atoms with Gasteiger partial charge in [0.25, 0.3) is 11.4 Å². The van der Waals surface area contributed by atoms with E-state index in [1.807, 2.05) is 0 Å². The fraction of sp³-hybridized carbons (Fsp3) is 0.500. The number of hydrogen-bond donors (Lipinski definition) is 2. The number of alkyl halides is 3. The summed E-state index contributed by atoms with van der Waals surface area (Å²) in [5, 5.41) is 39.7. The van der Waals surface area contributed by atoms with Crippen LogP contribution in [0.15, 0.2) is 12.1 Å². The van der Waals surface area contributed by atoms with Crippen molar-refractivity contribution in [2.75, 3.05) is 31.2 Å². The fourth-order valence-corrected chi connectivity index (χ4v) is 2.12. The Morgan fingerprint density at radius 3 is 2.08 bits per heavy atom. The number of rotatable bonds is 8. The van der Waals surface area contributed by atoms with Crippen molar-refractivity contribution in [3.05, 3.63) is 37.9 Å². The molecule has 0 aliphatic heterocycles. The molecule has 134 valence electrons. The summed E-state index contributed by atoms with van der Waals surface area (Å²) in [7, 11) is 0. The number of anilines is 1. The second-order valence-electron chi connectivity index (χ2n) is 4.66. The van der Waals surface area contributed by atoms with Crippen molar-refractivity contribution in [2.24, 2.45) is 0 Å². The smallest absolute Gasteiger partial charge is 0.396 e.